The van der Waals surface area contributed by atoms with Crippen LogP contribution in [0, 0.1) is 0 Å². The average molecular weight is 340 g/mol. The molecule has 0 aliphatic heterocycles. The zero-order valence-corrected chi connectivity index (χ0v) is 14.6. The van der Waals surface area contributed by atoms with Crippen molar-refractivity contribution in [1.29, 1.82) is 0 Å². The lowest BCUT2D eigenvalue weighted by atomic mass is 10.0. The van der Waals surface area contributed by atoms with Gasteiger partial charge in [-0.05, 0) is 34.9 Å². The van der Waals surface area contributed by atoms with Gasteiger partial charge < -0.3 is 10.1 Å². The van der Waals surface area contributed by atoms with E-state index in [4.69, 9.17) is 16.3 Å². The number of rotatable bonds is 7. The molecule has 3 rings (SSSR count). The Morgan fingerprint density at radius 1 is 0.917 bits per heavy atom. The first-order chi connectivity index (χ1) is 11.8. The van der Waals surface area contributed by atoms with E-state index in [-0.39, 0.29) is 0 Å². The van der Waals surface area contributed by atoms with Gasteiger partial charge in [0, 0.05) is 23.7 Å². The minimum atomic E-state index is 0.732. The van der Waals surface area contributed by atoms with E-state index in [1.807, 2.05) is 24.3 Å². The van der Waals surface area contributed by atoms with Crippen LogP contribution in [-0.4, -0.2) is 6.61 Å². The predicted molar refractivity (Wildman–Crippen MR) is 102 cm³/mol. The first kappa shape index (κ1) is 16.8. The van der Waals surface area contributed by atoms with Gasteiger partial charge in [-0.25, -0.2) is 0 Å². The van der Waals surface area contributed by atoms with Gasteiger partial charge in [-0.3, -0.25) is 0 Å². The highest BCUT2D eigenvalue weighted by Crippen LogP contribution is 2.28. The molecule has 0 atom stereocenters. The van der Waals surface area contributed by atoms with Crippen LogP contribution in [0.25, 0.3) is 10.8 Å². The number of ether oxygens (including phenoxy) is 1. The summed E-state index contributed by atoms with van der Waals surface area (Å²) in [5, 5.41) is 6.77. The quantitative estimate of drug-likeness (QED) is 0.607. The SMILES string of the molecule is CCCOc1ccc2ccccc2c1CNCc1ccccc1Cl. The summed E-state index contributed by atoms with van der Waals surface area (Å²) in [5.41, 5.74) is 2.31. The van der Waals surface area contributed by atoms with Crippen molar-refractivity contribution in [1.82, 2.24) is 5.32 Å². The van der Waals surface area contributed by atoms with Crippen LogP contribution in [-0.2, 0) is 13.1 Å². The Balaban J connectivity index is 1.82. The maximum Gasteiger partial charge on any atom is 0.124 e. The Kier molecular flexibility index (Phi) is 5.73. The highest BCUT2D eigenvalue weighted by atomic mass is 35.5. The Morgan fingerprint density at radius 2 is 1.71 bits per heavy atom. The van der Waals surface area contributed by atoms with Gasteiger partial charge in [0.1, 0.15) is 5.75 Å². The minimum Gasteiger partial charge on any atom is -0.493 e. The van der Waals surface area contributed by atoms with Crippen LogP contribution in [0.2, 0.25) is 5.02 Å². The van der Waals surface area contributed by atoms with Gasteiger partial charge in [-0.1, -0.05) is 67.1 Å². The molecule has 0 saturated carbocycles. The van der Waals surface area contributed by atoms with Crippen molar-refractivity contribution >= 4 is 22.4 Å². The first-order valence-electron chi connectivity index (χ1n) is 8.37. The van der Waals surface area contributed by atoms with E-state index in [1.165, 1.54) is 16.3 Å². The Labute approximate surface area is 148 Å². The highest BCUT2D eigenvalue weighted by Gasteiger charge is 2.09. The van der Waals surface area contributed by atoms with Crippen LogP contribution in [0.3, 0.4) is 0 Å². The van der Waals surface area contributed by atoms with Crippen molar-refractivity contribution in [3.63, 3.8) is 0 Å². The van der Waals surface area contributed by atoms with Crippen molar-refractivity contribution in [2.24, 2.45) is 0 Å². The summed E-state index contributed by atoms with van der Waals surface area (Å²) in [5.74, 6) is 0.960. The third kappa shape index (κ3) is 3.89. The highest BCUT2D eigenvalue weighted by molar-refractivity contribution is 6.31. The molecule has 0 saturated heterocycles. The van der Waals surface area contributed by atoms with E-state index in [2.05, 4.69) is 48.6 Å². The summed E-state index contributed by atoms with van der Waals surface area (Å²) in [6, 6.07) is 20.6. The van der Waals surface area contributed by atoms with Crippen LogP contribution >= 0.6 is 11.6 Å². The van der Waals surface area contributed by atoms with Gasteiger partial charge in [0.2, 0.25) is 0 Å². The minimum absolute atomic E-state index is 0.732. The molecule has 3 aromatic rings. The number of benzene rings is 3. The van der Waals surface area contributed by atoms with E-state index in [0.717, 1.165) is 42.5 Å². The zero-order chi connectivity index (χ0) is 16.8. The molecule has 2 nitrogen and oxygen atoms in total. The molecule has 0 aliphatic rings. The van der Waals surface area contributed by atoms with Crippen LogP contribution in [0.15, 0.2) is 60.7 Å². The topological polar surface area (TPSA) is 21.3 Å². The van der Waals surface area contributed by atoms with E-state index in [1.54, 1.807) is 0 Å². The summed E-state index contributed by atoms with van der Waals surface area (Å²) >= 11 is 6.24. The lowest BCUT2D eigenvalue weighted by Gasteiger charge is -2.15. The Morgan fingerprint density at radius 3 is 2.54 bits per heavy atom. The molecule has 24 heavy (non-hydrogen) atoms. The molecule has 0 fully saturated rings. The number of nitrogens with one attached hydrogen (secondary N) is 1. The third-order valence-electron chi connectivity index (χ3n) is 4.03. The molecule has 0 aromatic heterocycles. The molecule has 1 N–H and O–H groups in total. The molecule has 0 aliphatic carbocycles. The second-order valence-electron chi connectivity index (χ2n) is 5.81. The summed E-state index contributed by atoms with van der Waals surface area (Å²) in [6.45, 7) is 4.33. The van der Waals surface area contributed by atoms with Crippen molar-refractivity contribution in [2.75, 3.05) is 6.61 Å². The molecule has 0 heterocycles. The molecule has 0 unspecified atom stereocenters. The predicted octanol–water partition coefficient (Wildman–Crippen LogP) is 5.57. The number of fused-ring (bicyclic) bond motifs is 1. The molecule has 0 radical (unpaired) electrons. The fraction of sp³-hybridized carbons (Fsp3) is 0.238. The molecule has 3 heteroatoms. The largest absolute Gasteiger partial charge is 0.493 e. The van der Waals surface area contributed by atoms with Crippen LogP contribution in [0.5, 0.6) is 5.75 Å². The van der Waals surface area contributed by atoms with Gasteiger partial charge in [-0.15, -0.1) is 0 Å². The van der Waals surface area contributed by atoms with Crippen LogP contribution < -0.4 is 10.1 Å². The van der Waals surface area contributed by atoms with Crippen molar-refractivity contribution < 1.29 is 4.74 Å². The summed E-state index contributed by atoms with van der Waals surface area (Å²) in [7, 11) is 0. The molecular formula is C21H22ClNO. The smallest absolute Gasteiger partial charge is 0.124 e. The summed E-state index contributed by atoms with van der Waals surface area (Å²) in [6.07, 6.45) is 0.999. The zero-order valence-electron chi connectivity index (χ0n) is 13.9. The van der Waals surface area contributed by atoms with Gasteiger partial charge in [0.05, 0.1) is 6.61 Å². The number of hydrogen-bond acceptors (Lipinski definition) is 2. The van der Waals surface area contributed by atoms with Crippen molar-refractivity contribution in [3.05, 3.63) is 76.8 Å². The fourth-order valence-electron chi connectivity index (χ4n) is 2.81. The van der Waals surface area contributed by atoms with Gasteiger partial charge in [0.25, 0.3) is 0 Å². The fourth-order valence-corrected chi connectivity index (χ4v) is 3.01. The lowest BCUT2D eigenvalue weighted by molar-refractivity contribution is 0.314. The third-order valence-corrected chi connectivity index (χ3v) is 4.40. The van der Waals surface area contributed by atoms with Crippen LogP contribution in [0.1, 0.15) is 24.5 Å². The second kappa shape index (κ2) is 8.18. The molecular weight excluding hydrogens is 318 g/mol. The normalized spacial score (nSPS) is 10.9. The maximum atomic E-state index is 6.24. The van der Waals surface area contributed by atoms with E-state index in [9.17, 15) is 0 Å². The summed E-state index contributed by atoms with van der Waals surface area (Å²) < 4.78 is 5.95. The van der Waals surface area contributed by atoms with Gasteiger partial charge in [0.15, 0.2) is 0 Å². The van der Waals surface area contributed by atoms with Crippen molar-refractivity contribution in [2.45, 2.75) is 26.4 Å². The summed E-state index contributed by atoms with van der Waals surface area (Å²) in [4.78, 5) is 0. The monoisotopic (exact) mass is 339 g/mol. The molecule has 3 aromatic carbocycles. The maximum absolute atomic E-state index is 6.24. The molecule has 124 valence electrons. The van der Waals surface area contributed by atoms with Crippen molar-refractivity contribution in [3.8, 4) is 5.75 Å². The van der Waals surface area contributed by atoms with Gasteiger partial charge in [-0.2, -0.15) is 0 Å². The van der Waals surface area contributed by atoms with E-state index < -0.39 is 0 Å². The van der Waals surface area contributed by atoms with Crippen LogP contribution in [0.4, 0.5) is 0 Å². The lowest BCUT2D eigenvalue weighted by Crippen LogP contribution is -2.14. The average Bonchev–Trinajstić information content (AvgIpc) is 2.62. The first-order valence-corrected chi connectivity index (χ1v) is 8.75. The van der Waals surface area contributed by atoms with E-state index >= 15 is 0 Å². The molecule has 0 amide bonds. The molecule has 0 spiro atoms. The standard InChI is InChI=1S/C21H22ClNO/c1-2-13-24-21-12-11-16-7-3-5-9-18(16)19(21)15-23-14-17-8-4-6-10-20(17)22/h3-12,23H,2,13-15H2,1H3. The van der Waals surface area contributed by atoms with E-state index in [0.29, 0.717) is 0 Å². The number of halogens is 1. The Hall–Kier alpha value is -2.03. The Bertz CT molecular complexity index is 816. The molecule has 0 bridgehead atoms. The second-order valence-corrected chi connectivity index (χ2v) is 6.21. The van der Waals surface area contributed by atoms with Gasteiger partial charge >= 0.3 is 0 Å². The number of hydrogen-bond donors (Lipinski definition) is 1.